The number of hydrogen-bond acceptors (Lipinski definition) is 4. The average molecular weight is 402 g/mol. The maximum absolute atomic E-state index is 12.6. The van der Waals surface area contributed by atoms with Gasteiger partial charge in [0.15, 0.2) is 0 Å². The lowest BCUT2D eigenvalue weighted by Crippen LogP contribution is -2.49. The summed E-state index contributed by atoms with van der Waals surface area (Å²) in [5, 5.41) is 3.01. The summed E-state index contributed by atoms with van der Waals surface area (Å²) in [6, 6.07) is 7.35. The number of nitrogens with one attached hydrogen (secondary N) is 2. The Balaban J connectivity index is 0.00000243. The summed E-state index contributed by atoms with van der Waals surface area (Å²) in [5.74, 6) is 1.09. The number of hydrogen-bond donors (Lipinski definition) is 3. The molecule has 6 nitrogen and oxygen atoms in total. The molecule has 0 aliphatic heterocycles. The molecule has 2 aliphatic carbocycles. The quantitative estimate of drug-likeness (QED) is 0.704. The summed E-state index contributed by atoms with van der Waals surface area (Å²) in [6.07, 6.45) is 6.41. The number of carbonyl (C=O) groups is 1. The number of nitrogens with two attached hydrogens (primary N) is 1. The van der Waals surface area contributed by atoms with Crippen molar-refractivity contribution in [3.05, 3.63) is 29.8 Å². The van der Waals surface area contributed by atoms with E-state index in [4.69, 9.17) is 5.73 Å². The Bertz CT molecular complexity index is 727. The number of amides is 1. The van der Waals surface area contributed by atoms with Gasteiger partial charge in [-0.25, -0.2) is 8.42 Å². The van der Waals surface area contributed by atoms with E-state index in [9.17, 15) is 13.2 Å². The van der Waals surface area contributed by atoms with Gasteiger partial charge < -0.3 is 11.1 Å². The topological polar surface area (TPSA) is 101 Å². The molecule has 3 rings (SSSR count). The van der Waals surface area contributed by atoms with E-state index in [0.717, 1.165) is 37.5 Å². The van der Waals surface area contributed by atoms with E-state index < -0.39 is 10.0 Å². The van der Waals surface area contributed by atoms with Gasteiger partial charge in [0.2, 0.25) is 15.9 Å². The molecule has 0 heterocycles. The fourth-order valence-electron chi connectivity index (χ4n) is 4.30. The van der Waals surface area contributed by atoms with Gasteiger partial charge >= 0.3 is 0 Å². The lowest BCUT2D eigenvalue weighted by molar-refractivity contribution is -0.128. The number of fused-ring (bicyclic) bond motifs is 2. The Labute approximate surface area is 161 Å². The van der Waals surface area contributed by atoms with Crippen LogP contribution in [-0.4, -0.2) is 26.6 Å². The summed E-state index contributed by atoms with van der Waals surface area (Å²) in [6.45, 7) is 0.399. The highest BCUT2D eigenvalue weighted by atomic mass is 35.5. The number of sulfonamides is 1. The lowest BCUT2D eigenvalue weighted by atomic mass is 9.65. The Morgan fingerprint density at radius 1 is 1.23 bits per heavy atom. The van der Waals surface area contributed by atoms with Crippen LogP contribution < -0.4 is 15.8 Å². The molecule has 2 atom stereocenters. The lowest BCUT2D eigenvalue weighted by Gasteiger charge is -2.43. The number of halogens is 1. The van der Waals surface area contributed by atoms with Gasteiger partial charge in [-0.3, -0.25) is 9.52 Å². The number of benzene rings is 1. The van der Waals surface area contributed by atoms with Crippen molar-refractivity contribution in [1.29, 1.82) is 0 Å². The molecule has 2 fully saturated rings. The molecule has 0 spiro atoms. The third-order valence-corrected chi connectivity index (χ3v) is 6.09. The van der Waals surface area contributed by atoms with Crippen LogP contribution in [0.5, 0.6) is 0 Å². The van der Waals surface area contributed by atoms with Gasteiger partial charge in [0.05, 0.1) is 6.26 Å². The summed E-state index contributed by atoms with van der Waals surface area (Å²) in [5.41, 5.74) is 7.67. The Morgan fingerprint density at radius 2 is 1.88 bits per heavy atom. The van der Waals surface area contributed by atoms with Crippen LogP contribution in [0, 0.1) is 17.8 Å². The Hall–Kier alpha value is -1.31. The van der Waals surface area contributed by atoms with Crippen molar-refractivity contribution in [2.24, 2.45) is 23.5 Å². The van der Waals surface area contributed by atoms with Crippen LogP contribution >= 0.6 is 12.4 Å². The molecule has 0 radical (unpaired) electrons. The highest BCUT2D eigenvalue weighted by Gasteiger charge is 2.40. The van der Waals surface area contributed by atoms with E-state index in [-0.39, 0.29) is 30.3 Å². The second kappa shape index (κ2) is 8.59. The average Bonchev–Trinajstić information content (AvgIpc) is 2.51. The molecule has 0 aromatic heterocycles. The largest absolute Gasteiger partial charge is 0.352 e. The van der Waals surface area contributed by atoms with Gasteiger partial charge in [0.1, 0.15) is 0 Å². The third-order valence-electron chi connectivity index (χ3n) is 5.48. The van der Waals surface area contributed by atoms with E-state index in [1.165, 1.54) is 6.42 Å². The van der Waals surface area contributed by atoms with Crippen LogP contribution in [0.25, 0.3) is 0 Å². The predicted molar refractivity (Wildman–Crippen MR) is 106 cm³/mol. The molecule has 2 bridgehead atoms. The Morgan fingerprint density at radius 3 is 2.50 bits per heavy atom. The van der Waals surface area contributed by atoms with Crippen molar-refractivity contribution in [2.75, 3.05) is 11.0 Å². The highest BCUT2D eigenvalue weighted by molar-refractivity contribution is 7.92. The third kappa shape index (κ3) is 5.34. The first-order chi connectivity index (χ1) is 11.8. The van der Waals surface area contributed by atoms with E-state index in [2.05, 4.69) is 10.0 Å². The predicted octanol–water partition coefficient (Wildman–Crippen LogP) is 2.25. The molecule has 4 N–H and O–H groups in total. The van der Waals surface area contributed by atoms with E-state index in [1.54, 1.807) is 18.2 Å². The fourth-order valence-corrected chi connectivity index (χ4v) is 4.85. The maximum atomic E-state index is 12.6. The van der Waals surface area contributed by atoms with Crippen LogP contribution in [-0.2, 0) is 21.4 Å². The highest BCUT2D eigenvalue weighted by Crippen LogP contribution is 2.41. The summed E-state index contributed by atoms with van der Waals surface area (Å²) < 4.78 is 25.1. The molecule has 26 heavy (non-hydrogen) atoms. The van der Waals surface area contributed by atoms with E-state index >= 15 is 0 Å². The van der Waals surface area contributed by atoms with Crippen LogP contribution in [0.2, 0.25) is 0 Å². The van der Waals surface area contributed by atoms with E-state index in [1.807, 2.05) is 6.07 Å². The minimum Gasteiger partial charge on any atom is -0.352 e. The molecule has 2 aliphatic rings. The molecular formula is C18H28ClN3O3S. The standard InChI is InChI=1S/C18H27N3O3S.ClH/c1-25(23,24)21-16-7-2-4-12(8-16)11-20-18(22)15-9-13-5-3-6-14(10-15)17(13)19;/h2,4,7-8,13-15,17,21H,3,5-6,9-11,19H2,1H3,(H,20,22);1H. The first-order valence-electron chi connectivity index (χ1n) is 8.92. The maximum Gasteiger partial charge on any atom is 0.229 e. The summed E-state index contributed by atoms with van der Waals surface area (Å²) in [4.78, 5) is 12.6. The normalized spacial score (nSPS) is 27.9. The number of carbonyl (C=O) groups excluding carboxylic acids is 1. The molecule has 2 saturated carbocycles. The molecule has 1 amide bonds. The van der Waals surface area contributed by atoms with Crippen molar-refractivity contribution < 1.29 is 13.2 Å². The molecule has 1 aromatic rings. The molecule has 8 heteroatoms. The van der Waals surface area contributed by atoms with Crippen molar-refractivity contribution in [1.82, 2.24) is 5.32 Å². The van der Waals surface area contributed by atoms with Crippen molar-refractivity contribution in [3.63, 3.8) is 0 Å². The Kier molecular flexibility index (Phi) is 6.93. The molecule has 1 aromatic carbocycles. The molecule has 2 unspecified atom stereocenters. The SMILES string of the molecule is CS(=O)(=O)Nc1cccc(CNC(=O)C2CC3CCCC(C2)C3N)c1.Cl. The first-order valence-corrected chi connectivity index (χ1v) is 10.8. The smallest absolute Gasteiger partial charge is 0.229 e. The number of rotatable bonds is 5. The zero-order valence-electron chi connectivity index (χ0n) is 15.0. The van der Waals surface area contributed by atoms with Crippen LogP contribution in [0.15, 0.2) is 24.3 Å². The van der Waals surface area contributed by atoms with Gasteiger partial charge in [-0.2, -0.15) is 0 Å². The van der Waals surface area contributed by atoms with Crippen LogP contribution in [0.3, 0.4) is 0 Å². The van der Waals surface area contributed by atoms with E-state index in [0.29, 0.717) is 24.1 Å². The van der Waals surface area contributed by atoms with Gasteiger partial charge in [-0.1, -0.05) is 18.6 Å². The zero-order chi connectivity index (χ0) is 18.0. The molecule has 0 saturated heterocycles. The summed E-state index contributed by atoms with van der Waals surface area (Å²) >= 11 is 0. The van der Waals surface area contributed by atoms with Crippen LogP contribution in [0.1, 0.15) is 37.7 Å². The first kappa shape index (κ1) is 21.0. The van der Waals surface area contributed by atoms with Gasteiger partial charge in [-0.15, -0.1) is 12.4 Å². The van der Waals surface area contributed by atoms with Gasteiger partial charge in [0.25, 0.3) is 0 Å². The number of anilines is 1. The van der Waals surface area contributed by atoms with Crippen molar-refractivity contribution in [2.45, 2.75) is 44.7 Å². The van der Waals surface area contributed by atoms with Crippen molar-refractivity contribution >= 4 is 34.0 Å². The second-order valence-electron chi connectivity index (χ2n) is 7.49. The zero-order valence-corrected chi connectivity index (χ0v) is 16.6. The summed E-state index contributed by atoms with van der Waals surface area (Å²) in [7, 11) is -3.31. The van der Waals surface area contributed by atoms with Gasteiger partial charge in [-0.05, 0) is 55.2 Å². The second-order valence-corrected chi connectivity index (χ2v) is 9.24. The molecular weight excluding hydrogens is 374 g/mol. The minimum absolute atomic E-state index is 0. The minimum atomic E-state index is -3.31. The molecule has 146 valence electrons. The van der Waals surface area contributed by atoms with Crippen molar-refractivity contribution in [3.8, 4) is 0 Å². The van der Waals surface area contributed by atoms with Crippen LogP contribution in [0.4, 0.5) is 5.69 Å². The fraction of sp³-hybridized carbons (Fsp3) is 0.611. The van der Waals surface area contributed by atoms with Gasteiger partial charge in [0, 0.05) is 24.2 Å². The monoisotopic (exact) mass is 401 g/mol.